The van der Waals surface area contributed by atoms with Gasteiger partial charge in [-0.05, 0) is 6.07 Å². The normalized spacial score (nSPS) is 9.59. The molecule has 0 saturated carbocycles. The van der Waals surface area contributed by atoms with Crippen LogP contribution in [0.5, 0.6) is 5.75 Å². The third kappa shape index (κ3) is 2.87. The van der Waals surface area contributed by atoms with Crippen molar-refractivity contribution in [2.24, 2.45) is 0 Å². The number of rotatable bonds is 3. The number of methoxy groups -OCH3 is 2. The Morgan fingerprint density at radius 1 is 1.29 bits per heavy atom. The Morgan fingerprint density at radius 3 is 2.41 bits per heavy atom. The Hall–Kier alpha value is -2.24. The molecule has 0 radical (unpaired) electrons. The van der Waals surface area contributed by atoms with Crippen LogP contribution in [0.1, 0.15) is 17.3 Å². The highest BCUT2D eigenvalue weighted by Gasteiger charge is 2.16. The van der Waals surface area contributed by atoms with Gasteiger partial charge in [0.05, 0.1) is 25.5 Å². The van der Waals surface area contributed by atoms with E-state index in [9.17, 15) is 9.59 Å². The number of hydrogen-bond acceptors (Lipinski definition) is 5. The second-order valence-electron chi connectivity index (χ2n) is 3.31. The number of nitrogens with one attached hydrogen (secondary N) is 1. The van der Waals surface area contributed by atoms with Crippen LogP contribution in [0.4, 0.5) is 11.4 Å². The summed E-state index contributed by atoms with van der Waals surface area (Å²) in [5, 5.41) is 2.54. The average molecular weight is 238 g/mol. The van der Waals surface area contributed by atoms with Crippen molar-refractivity contribution >= 4 is 23.3 Å². The fourth-order valence-electron chi connectivity index (χ4n) is 1.35. The maximum absolute atomic E-state index is 11.5. The van der Waals surface area contributed by atoms with Crippen LogP contribution in [0, 0.1) is 0 Å². The zero-order valence-corrected chi connectivity index (χ0v) is 9.87. The van der Waals surface area contributed by atoms with E-state index in [0.717, 1.165) is 0 Å². The topological polar surface area (TPSA) is 90.6 Å². The van der Waals surface area contributed by atoms with Crippen molar-refractivity contribution in [3.8, 4) is 5.75 Å². The maximum Gasteiger partial charge on any atom is 0.340 e. The molecular weight excluding hydrogens is 224 g/mol. The summed E-state index contributed by atoms with van der Waals surface area (Å²) in [5.74, 6) is -0.544. The molecule has 92 valence electrons. The summed E-state index contributed by atoms with van der Waals surface area (Å²) < 4.78 is 9.61. The number of amides is 1. The lowest BCUT2D eigenvalue weighted by atomic mass is 10.1. The number of nitrogens with two attached hydrogens (primary N) is 1. The number of hydrogen-bond donors (Lipinski definition) is 2. The first kappa shape index (κ1) is 12.8. The van der Waals surface area contributed by atoms with Gasteiger partial charge in [-0.3, -0.25) is 4.79 Å². The number of benzene rings is 1. The second-order valence-corrected chi connectivity index (χ2v) is 3.31. The van der Waals surface area contributed by atoms with Crippen molar-refractivity contribution in [1.29, 1.82) is 0 Å². The van der Waals surface area contributed by atoms with Crippen LogP contribution in [0.25, 0.3) is 0 Å². The van der Waals surface area contributed by atoms with Gasteiger partial charge in [0.2, 0.25) is 5.91 Å². The molecule has 17 heavy (non-hydrogen) atoms. The van der Waals surface area contributed by atoms with E-state index >= 15 is 0 Å². The minimum absolute atomic E-state index is 0.149. The molecule has 0 heterocycles. The fraction of sp³-hybridized carbons (Fsp3) is 0.273. The molecule has 0 fully saturated rings. The smallest absolute Gasteiger partial charge is 0.340 e. The van der Waals surface area contributed by atoms with Crippen LogP contribution < -0.4 is 15.8 Å². The van der Waals surface area contributed by atoms with Crippen molar-refractivity contribution in [1.82, 2.24) is 0 Å². The van der Waals surface area contributed by atoms with Crippen LogP contribution in [0.3, 0.4) is 0 Å². The number of nitrogen functional groups attached to an aromatic ring is 1. The highest BCUT2D eigenvalue weighted by molar-refractivity contribution is 5.99. The fourth-order valence-corrected chi connectivity index (χ4v) is 1.35. The van der Waals surface area contributed by atoms with E-state index in [2.05, 4.69) is 10.1 Å². The molecule has 3 N–H and O–H groups in total. The Morgan fingerprint density at radius 2 is 1.94 bits per heavy atom. The van der Waals surface area contributed by atoms with Crippen molar-refractivity contribution in [3.05, 3.63) is 17.7 Å². The predicted octanol–water partition coefficient (Wildman–Crippen LogP) is 1.02. The van der Waals surface area contributed by atoms with Gasteiger partial charge in [-0.1, -0.05) is 0 Å². The SMILES string of the molecule is COC(=O)c1cc(NC(C)=O)cc(OC)c1N. The molecule has 6 nitrogen and oxygen atoms in total. The quantitative estimate of drug-likeness (QED) is 0.606. The Bertz CT molecular complexity index is 457. The van der Waals surface area contributed by atoms with Crippen LogP contribution in [0.2, 0.25) is 0 Å². The molecule has 0 bridgehead atoms. The van der Waals surface area contributed by atoms with E-state index in [1.807, 2.05) is 0 Å². The molecule has 1 rings (SSSR count). The van der Waals surface area contributed by atoms with Gasteiger partial charge in [-0.25, -0.2) is 4.79 Å². The van der Waals surface area contributed by atoms with E-state index in [4.69, 9.17) is 10.5 Å². The predicted molar refractivity (Wildman–Crippen MR) is 63.0 cm³/mol. The Labute approximate surface area is 98.7 Å². The van der Waals surface area contributed by atoms with Gasteiger partial charge in [0.25, 0.3) is 0 Å². The molecule has 1 amide bonds. The molecule has 0 atom stereocenters. The minimum Gasteiger partial charge on any atom is -0.494 e. The van der Waals surface area contributed by atoms with Gasteiger partial charge < -0.3 is 20.5 Å². The molecule has 6 heteroatoms. The zero-order chi connectivity index (χ0) is 13.0. The highest BCUT2D eigenvalue weighted by atomic mass is 16.5. The van der Waals surface area contributed by atoms with E-state index in [-0.39, 0.29) is 17.2 Å². The number of ether oxygens (including phenoxy) is 2. The van der Waals surface area contributed by atoms with Gasteiger partial charge in [0.1, 0.15) is 5.75 Å². The third-order valence-corrected chi connectivity index (χ3v) is 2.09. The number of carbonyl (C=O) groups excluding carboxylic acids is 2. The summed E-state index contributed by atoms with van der Waals surface area (Å²) in [6.07, 6.45) is 0. The second kappa shape index (κ2) is 5.20. The van der Waals surface area contributed by atoms with Crippen LogP contribution in [-0.4, -0.2) is 26.1 Å². The molecule has 0 spiro atoms. The molecule has 0 aromatic heterocycles. The van der Waals surface area contributed by atoms with Gasteiger partial charge in [0.15, 0.2) is 0 Å². The average Bonchev–Trinajstić information content (AvgIpc) is 2.29. The monoisotopic (exact) mass is 238 g/mol. The lowest BCUT2D eigenvalue weighted by molar-refractivity contribution is -0.114. The summed E-state index contributed by atoms with van der Waals surface area (Å²) in [7, 11) is 2.67. The first-order valence-electron chi connectivity index (χ1n) is 4.83. The van der Waals surface area contributed by atoms with Crippen molar-refractivity contribution in [2.75, 3.05) is 25.3 Å². The first-order valence-corrected chi connectivity index (χ1v) is 4.83. The molecule has 1 aromatic rings. The maximum atomic E-state index is 11.5. The Balaban J connectivity index is 3.27. The third-order valence-electron chi connectivity index (χ3n) is 2.09. The largest absolute Gasteiger partial charge is 0.494 e. The summed E-state index contributed by atoms with van der Waals surface area (Å²) in [5.41, 5.74) is 6.48. The van der Waals surface area contributed by atoms with E-state index in [0.29, 0.717) is 11.4 Å². The summed E-state index contributed by atoms with van der Waals surface area (Å²) in [6, 6.07) is 2.97. The van der Waals surface area contributed by atoms with Crippen molar-refractivity contribution < 1.29 is 19.1 Å². The first-order chi connectivity index (χ1) is 7.99. The van der Waals surface area contributed by atoms with Gasteiger partial charge in [-0.2, -0.15) is 0 Å². The van der Waals surface area contributed by atoms with Gasteiger partial charge >= 0.3 is 5.97 Å². The lowest BCUT2D eigenvalue weighted by Crippen LogP contribution is -2.11. The number of anilines is 2. The molecule has 0 aliphatic carbocycles. The van der Waals surface area contributed by atoms with Crippen LogP contribution >= 0.6 is 0 Å². The summed E-state index contributed by atoms with van der Waals surface area (Å²) in [4.78, 5) is 22.4. The molecule has 0 aliphatic heterocycles. The van der Waals surface area contributed by atoms with Crippen molar-refractivity contribution in [2.45, 2.75) is 6.92 Å². The van der Waals surface area contributed by atoms with E-state index in [1.54, 1.807) is 0 Å². The number of esters is 1. The van der Waals surface area contributed by atoms with Crippen LogP contribution in [-0.2, 0) is 9.53 Å². The van der Waals surface area contributed by atoms with Gasteiger partial charge in [0, 0.05) is 18.7 Å². The van der Waals surface area contributed by atoms with Crippen molar-refractivity contribution in [3.63, 3.8) is 0 Å². The summed E-state index contributed by atoms with van der Waals surface area (Å²) in [6.45, 7) is 1.36. The van der Waals surface area contributed by atoms with E-state index < -0.39 is 5.97 Å². The molecule has 0 unspecified atom stereocenters. The summed E-state index contributed by atoms with van der Waals surface area (Å²) >= 11 is 0. The van der Waals surface area contributed by atoms with Crippen LogP contribution in [0.15, 0.2) is 12.1 Å². The minimum atomic E-state index is -0.590. The molecule has 0 saturated heterocycles. The Kier molecular flexibility index (Phi) is 3.92. The highest BCUT2D eigenvalue weighted by Crippen LogP contribution is 2.30. The number of carbonyl (C=O) groups is 2. The molecular formula is C11H14N2O4. The standard InChI is InChI=1S/C11H14N2O4/c1-6(14)13-7-4-8(11(15)17-3)10(12)9(5-7)16-2/h4-5H,12H2,1-3H3,(H,13,14). The van der Waals surface area contributed by atoms with Gasteiger partial charge in [-0.15, -0.1) is 0 Å². The lowest BCUT2D eigenvalue weighted by Gasteiger charge is -2.12. The molecule has 0 aliphatic rings. The molecule has 1 aromatic carbocycles. The van der Waals surface area contributed by atoms with E-state index in [1.165, 1.54) is 33.3 Å². The zero-order valence-electron chi connectivity index (χ0n) is 9.87.